The van der Waals surface area contributed by atoms with Crippen LogP contribution in [0.1, 0.15) is 45.2 Å². The van der Waals surface area contributed by atoms with Crippen molar-refractivity contribution < 1.29 is 9.84 Å². The molecule has 3 rings (SSSR count). The Balaban J connectivity index is 1.77. The van der Waals surface area contributed by atoms with Crippen LogP contribution in [0.3, 0.4) is 0 Å². The maximum atomic E-state index is 10.4. The summed E-state index contributed by atoms with van der Waals surface area (Å²) in [5, 5.41) is 10.4. The van der Waals surface area contributed by atoms with Gasteiger partial charge in [-0.25, -0.2) is 0 Å². The number of hydrogen-bond donors (Lipinski definition) is 1. The van der Waals surface area contributed by atoms with Gasteiger partial charge in [-0.3, -0.25) is 4.98 Å². The summed E-state index contributed by atoms with van der Waals surface area (Å²) in [6, 6.07) is 4.23. The van der Waals surface area contributed by atoms with Crippen LogP contribution in [-0.4, -0.2) is 41.0 Å². The van der Waals surface area contributed by atoms with Crippen molar-refractivity contribution in [3.05, 3.63) is 24.0 Å². The smallest absolute Gasteiger partial charge is 0.111 e. The van der Waals surface area contributed by atoms with E-state index in [1.54, 1.807) is 0 Å². The normalized spacial score (nSPS) is 28.8. The summed E-state index contributed by atoms with van der Waals surface area (Å²) in [5.41, 5.74) is 1.15. The molecule has 2 aliphatic rings. The van der Waals surface area contributed by atoms with Gasteiger partial charge in [0.05, 0.1) is 24.1 Å². The molecule has 0 amide bonds. The lowest BCUT2D eigenvalue weighted by Gasteiger charge is -2.44. The minimum Gasteiger partial charge on any atom is -0.387 e. The van der Waals surface area contributed by atoms with Crippen molar-refractivity contribution in [3.8, 4) is 0 Å². The molecule has 1 unspecified atom stereocenters. The number of ether oxygens (including phenoxy) is 1. The number of hydrogen-bond acceptors (Lipinski definition) is 4. The first-order valence-electron chi connectivity index (χ1n) is 7.51. The molecule has 4 heteroatoms. The third-order valence-electron chi connectivity index (χ3n) is 4.71. The summed E-state index contributed by atoms with van der Waals surface area (Å²) in [5.74, 6) is 0.450. The minimum atomic E-state index is -0.628. The molecule has 0 bridgehead atoms. The van der Waals surface area contributed by atoms with Crippen molar-refractivity contribution in [3.63, 3.8) is 0 Å². The Morgan fingerprint density at radius 2 is 2.10 bits per heavy atom. The van der Waals surface area contributed by atoms with Crippen LogP contribution < -0.4 is 4.90 Å². The maximum absolute atomic E-state index is 10.4. The topological polar surface area (TPSA) is 45.6 Å². The Morgan fingerprint density at radius 1 is 1.35 bits per heavy atom. The summed E-state index contributed by atoms with van der Waals surface area (Å²) >= 11 is 0. The molecule has 1 aliphatic heterocycles. The number of aromatic nitrogens is 1. The third kappa shape index (κ3) is 2.31. The summed E-state index contributed by atoms with van der Waals surface area (Å²) in [7, 11) is 0. The average molecular weight is 276 g/mol. The highest BCUT2D eigenvalue weighted by Crippen LogP contribution is 2.48. The fourth-order valence-electron chi connectivity index (χ4n) is 2.95. The lowest BCUT2D eigenvalue weighted by Crippen LogP contribution is -2.57. The molecule has 1 aromatic heterocycles. The van der Waals surface area contributed by atoms with Crippen molar-refractivity contribution in [2.75, 3.05) is 24.6 Å². The maximum Gasteiger partial charge on any atom is 0.111 e. The van der Waals surface area contributed by atoms with E-state index >= 15 is 0 Å². The van der Waals surface area contributed by atoms with Crippen molar-refractivity contribution >= 4 is 5.69 Å². The summed E-state index contributed by atoms with van der Waals surface area (Å²) < 4.78 is 5.89. The molecule has 1 saturated carbocycles. The second-order valence-electron chi connectivity index (χ2n) is 6.63. The zero-order valence-corrected chi connectivity index (χ0v) is 12.6. The molecule has 4 nitrogen and oxygen atoms in total. The first kappa shape index (κ1) is 13.8. The van der Waals surface area contributed by atoms with Crippen LogP contribution >= 0.6 is 0 Å². The summed E-state index contributed by atoms with van der Waals surface area (Å²) in [6.45, 7) is 8.57. The fraction of sp³-hybridized carbons (Fsp3) is 0.688. The van der Waals surface area contributed by atoms with Gasteiger partial charge in [0, 0.05) is 18.8 Å². The van der Waals surface area contributed by atoms with Crippen LogP contribution in [0.5, 0.6) is 0 Å². The van der Waals surface area contributed by atoms with Crippen LogP contribution in [-0.2, 0) is 4.74 Å². The number of nitrogens with zero attached hydrogens (tertiary/aromatic N) is 2. The molecule has 1 aliphatic carbocycles. The molecule has 0 spiro atoms. The minimum absolute atomic E-state index is 0.450. The molecule has 1 saturated heterocycles. The largest absolute Gasteiger partial charge is 0.387 e. The standard InChI is InChI=1S/C16H24N2O2/c1-12(2)14-5-4-13(10-17-14)18-8-9-20-15(3,11-18)16(19)6-7-16/h4-5,10,12,19H,6-9,11H2,1-3H3. The molecule has 2 fully saturated rings. The van der Waals surface area contributed by atoms with Gasteiger partial charge in [-0.15, -0.1) is 0 Å². The number of pyridine rings is 1. The molecule has 1 atom stereocenters. The Hall–Kier alpha value is -1.13. The van der Waals surface area contributed by atoms with E-state index in [4.69, 9.17) is 4.74 Å². The summed E-state index contributed by atoms with van der Waals surface area (Å²) in [6.07, 6.45) is 3.64. The highest BCUT2D eigenvalue weighted by Gasteiger charge is 2.58. The van der Waals surface area contributed by atoms with E-state index in [-0.39, 0.29) is 0 Å². The molecule has 110 valence electrons. The first-order valence-corrected chi connectivity index (χ1v) is 7.51. The van der Waals surface area contributed by atoms with E-state index in [0.717, 1.165) is 37.3 Å². The Labute approximate surface area is 120 Å². The summed E-state index contributed by atoms with van der Waals surface area (Å²) in [4.78, 5) is 6.81. The quantitative estimate of drug-likeness (QED) is 0.920. The second-order valence-corrected chi connectivity index (χ2v) is 6.63. The van der Waals surface area contributed by atoms with Crippen LogP contribution in [0, 0.1) is 0 Å². The van der Waals surface area contributed by atoms with E-state index in [1.807, 2.05) is 13.1 Å². The SMILES string of the molecule is CC(C)c1ccc(N2CCOC(C)(C3(O)CC3)C2)cn1. The van der Waals surface area contributed by atoms with Crippen LogP contribution in [0.25, 0.3) is 0 Å². The Kier molecular flexibility index (Phi) is 3.26. The monoisotopic (exact) mass is 276 g/mol. The zero-order valence-electron chi connectivity index (χ0n) is 12.6. The zero-order chi connectivity index (χ0) is 14.4. The number of rotatable bonds is 3. The molecule has 0 radical (unpaired) electrons. The highest BCUT2D eigenvalue weighted by molar-refractivity contribution is 5.46. The second kappa shape index (κ2) is 4.71. The Morgan fingerprint density at radius 3 is 2.65 bits per heavy atom. The van der Waals surface area contributed by atoms with Crippen molar-refractivity contribution in [2.45, 2.75) is 50.7 Å². The predicted molar refractivity (Wildman–Crippen MR) is 79.1 cm³/mol. The van der Waals surface area contributed by atoms with Crippen molar-refractivity contribution in [2.24, 2.45) is 0 Å². The Bertz CT molecular complexity index is 482. The van der Waals surface area contributed by atoms with Crippen LogP contribution in [0.2, 0.25) is 0 Å². The van der Waals surface area contributed by atoms with Gasteiger partial charge in [-0.1, -0.05) is 13.8 Å². The first-order chi connectivity index (χ1) is 9.44. The molecular formula is C16H24N2O2. The van der Waals surface area contributed by atoms with E-state index in [1.165, 1.54) is 0 Å². The van der Waals surface area contributed by atoms with E-state index in [2.05, 4.69) is 35.9 Å². The molecular weight excluding hydrogens is 252 g/mol. The van der Waals surface area contributed by atoms with Crippen LogP contribution in [0.4, 0.5) is 5.69 Å². The fourth-order valence-corrected chi connectivity index (χ4v) is 2.95. The molecule has 20 heavy (non-hydrogen) atoms. The molecule has 0 aromatic carbocycles. The number of anilines is 1. The molecule has 2 heterocycles. The molecule has 1 aromatic rings. The third-order valence-corrected chi connectivity index (χ3v) is 4.71. The van der Waals surface area contributed by atoms with Gasteiger partial charge in [-0.05, 0) is 37.8 Å². The van der Waals surface area contributed by atoms with E-state index in [9.17, 15) is 5.11 Å². The average Bonchev–Trinajstić information content (AvgIpc) is 3.19. The van der Waals surface area contributed by atoms with Gasteiger partial charge >= 0.3 is 0 Å². The number of aliphatic hydroxyl groups is 1. The van der Waals surface area contributed by atoms with Gasteiger partial charge in [0.1, 0.15) is 5.60 Å². The van der Waals surface area contributed by atoms with Gasteiger partial charge in [0.2, 0.25) is 0 Å². The molecule has 1 N–H and O–H groups in total. The highest BCUT2D eigenvalue weighted by atomic mass is 16.5. The van der Waals surface area contributed by atoms with Gasteiger partial charge in [-0.2, -0.15) is 0 Å². The van der Waals surface area contributed by atoms with Crippen molar-refractivity contribution in [1.29, 1.82) is 0 Å². The van der Waals surface area contributed by atoms with Gasteiger partial charge in [0.15, 0.2) is 0 Å². The lowest BCUT2D eigenvalue weighted by molar-refractivity contribution is -0.132. The predicted octanol–water partition coefficient (Wildman–Crippen LogP) is 2.33. The van der Waals surface area contributed by atoms with Crippen molar-refractivity contribution in [1.82, 2.24) is 4.98 Å². The lowest BCUT2D eigenvalue weighted by atomic mass is 9.94. The van der Waals surface area contributed by atoms with Gasteiger partial charge in [0.25, 0.3) is 0 Å². The number of morpholine rings is 1. The van der Waals surface area contributed by atoms with Gasteiger partial charge < -0.3 is 14.7 Å². The van der Waals surface area contributed by atoms with E-state index < -0.39 is 11.2 Å². The van der Waals surface area contributed by atoms with Crippen LogP contribution in [0.15, 0.2) is 18.3 Å². The van der Waals surface area contributed by atoms with E-state index in [0.29, 0.717) is 12.5 Å².